The first kappa shape index (κ1) is 13.2. The maximum atomic E-state index is 12.8. The molecule has 2 N–H and O–H groups in total. The quantitative estimate of drug-likeness (QED) is 0.749. The van der Waals surface area contributed by atoms with Crippen molar-refractivity contribution >= 4 is 15.9 Å². The Morgan fingerprint density at radius 3 is 2.36 bits per heavy atom. The summed E-state index contributed by atoms with van der Waals surface area (Å²) >= 11 is 0. The number of benzene rings is 2. The molecule has 1 heterocycles. The highest BCUT2D eigenvalue weighted by atomic mass is 32.2. The van der Waals surface area contributed by atoms with Crippen LogP contribution in [0.2, 0.25) is 0 Å². The predicted molar refractivity (Wildman–Crippen MR) is 91.6 cm³/mol. The molecule has 0 bridgehead atoms. The van der Waals surface area contributed by atoms with Gasteiger partial charge in [0.15, 0.2) is 6.08 Å². The Balaban J connectivity index is 1.89. The van der Waals surface area contributed by atoms with E-state index in [1.807, 2.05) is 0 Å². The smallest absolute Gasteiger partial charge is 0.416 e. The molecular weight excluding hydrogens is 399 g/mol. The molecule has 0 aromatic heterocycles. The average Bonchev–Trinajstić information content (AvgIpc) is 2.97. The fraction of sp³-hybridized carbons (Fsp3) is 0.167. The molecule has 10 heteroatoms. The van der Waals surface area contributed by atoms with Gasteiger partial charge in [-0.1, -0.05) is 42.3 Å². The third-order valence-corrected chi connectivity index (χ3v) is 4.47. The van der Waals surface area contributed by atoms with Crippen molar-refractivity contribution < 1.29 is 43.5 Å². The summed E-state index contributed by atoms with van der Waals surface area (Å²) in [5.41, 5.74) is 3.40. The van der Waals surface area contributed by atoms with Crippen molar-refractivity contribution in [1.82, 2.24) is 0 Å². The number of alkyl halides is 3. The maximum absolute atomic E-state index is 12.8. The van der Waals surface area contributed by atoms with E-state index in [9.17, 15) is 26.4 Å². The average molecular weight is 419 g/mol. The first-order valence-corrected chi connectivity index (χ1v) is 8.96. The lowest BCUT2D eigenvalue weighted by Gasteiger charge is -2.12. The Morgan fingerprint density at radius 2 is 1.79 bits per heavy atom. The van der Waals surface area contributed by atoms with E-state index < -0.39 is 92.5 Å². The van der Waals surface area contributed by atoms with Crippen molar-refractivity contribution in [1.29, 1.82) is 0 Å². The second-order valence-corrected chi connectivity index (χ2v) is 6.99. The fourth-order valence-corrected chi connectivity index (χ4v) is 3.15. The minimum absolute atomic E-state index is 0.393. The Hall–Kier alpha value is -3.01. The number of ketones is 1. The molecule has 2 aromatic rings. The van der Waals surface area contributed by atoms with Crippen molar-refractivity contribution in [2.45, 2.75) is 18.0 Å². The van der Waals surface area contributed by atoms with E-state index in [4.69, 9.17) is 18.7 Å². The van der Waals surface area contributed by atoms with Crippen LogP contribution in [0.3, 0.4) is 0 Å². The molecule has 0 amide bonds. The molecule has 6 nitrogen and oxygen atoms in total. The van der Waals surface area contributed by atoms with Crippen LogP contribution < -0.4 is 5.73 Å². The normalized spacial score (nSPS) is 23.2. The van der Waals surface area contributed by atoms with Crippen molar-refractivity contribution in [3.8, 4) is 0 Å². The van der Waals surface area contributed by atoms with Gasteiger partial charge in [0.1, 0.15) is 5.75 Å². The summed E-state index contributed by atoms with van der Waals surface area (Å²) in [6.45, 7) is 0. The highest BCUT2D eigenvalue weighted by Crippen LogP contribution is 2.35. The minimum Gasteiger partial charge on any atom is -0.460 e. The molecule has 0 saturated heterocycles. The summed E-state index contributed by atoms with van der Waals surface area (Å²) in [6, 6.07) is -1.22. The van der Waals surface area contributed by atoms with Gasteiger partial charge in [-0.15, -0.1) is 0 Å². The van der Waals surface area contributed by atoms with Gasteiger partial charge >= 0.3 is 16.3 Å². The SMILES string of the molecule is [2H]c1c([2H])c([2H])c(CS(=O)(=O)OC2=C(N)OC([2H])(c3ccc(C(F)(F)F)cc3)C2=O)c([2H])c1[2H]. The van der Waals surface area contributed by atoms with Crippen LogP contribution in [0.15, 0.2) is 66.1 Å². The number of hydrogen-bond donors (Lipinski definition) is 1. The van der Waals surface area contributed by atoms with Crippen LogP contribution in [0.4, 0.5) is 13.2 Å². The van der Waals surface area contributed by atoms with E-state index in [0.29, 0.717) is 12.1 Å². The van der Waals surface area contributed by atoms with Crippen LogP contribution in [-0.4, -0.2) is 14.2 Å². The lowest BCUT2D eigenvalue weighted by Crippen LogP contribution is -2.16. The van der Waals surface area contributed by atoms with Crippen LogP contribution in [0.25, 0.3) is 0 Å². The number of carbonyl (C=O) groups is 1. The molecule has 0 spiro atoms. The van der Waals surface area contributed by atoms with Crippen LogP contribution in [0.1, 0.15) is 31.0 Å². The van der Waals surface area contributed by atoms with Crippen LogP contribution in [0.5, 0.6) is 0 Å². The monoisotopic (exact) mass is 419 g/mol. The lowest BCUT2D eigenvalue weighted by atomic mass is 10.0. The summed E-state index contributed by atoms with van der Waals surface area (Å²) in [5, 5.41) is 0. The molecule has 1 atom stereocenters. The molecule has 1 aliphatic heterocycles. The Kier molecular flexibility index (Phi) is 3.39. The second-order valence-electron chi connectivity index (χ2n) is 5.42. The molecule has 2 aromatic carbocycles. The van der Waals surface area contributed by atoms with E-state index in [1.54, 1.807) is 0 Å². The van der Waals surface area contributed by atoms with Gasteiger partial charge in [0.05, 0.1) is 13.8 Å². The standard InChI is InChI=1S/C18H14F3NO5S/c19-18(20,21)13-8-6-12(7-9-13)15-14(23)16(17(22)26-15)27-28(24,25)10-11-4-2-1-3-5-11/h1-9,15H,10,22H2/i1D,2D,3D,4D,5D,15D. The second kappa shape index (κ2) is 7.19. The topological polar surface area (TPSA) is 95.7 Å². The molecule has 148 valence electrons. The molecule has 0 fully saturated rings. The van der Waals surface area contributed by atoms with Gasteiger partial charge in [-0.3, -0.25) is 4.79 Å². The number of ether oxygens (including phenoxy) is 1. The Bertz CT molecular complexity index is 1300. The minimum atomic E-state index is -4.87. The molecule has 0 radical (unpaired) electrons. The van der Waals surface area contributed by atoms with Gasteiger partial charge in [-0.05, 0) is 17.7 Å². The van der Waals surface area contributed by atoms with Gasteiger partial charge < -0.3 is 14.7 Å². The van der Waals surface area contributed by atoms with E-state index in [1.165, 1.54) is 0 Å². The number of rotatable bonds is 5. The molecule has 3 rings (SSSR count). The van der Waals surface area contributed by atoms with E-state index >= 15 is 0 Å². The van der Waals surface area contributed by atoms with Gasteiger partial charge in [0.2, 0.25) is 17.4 Å². The number of hydrogen-bond acceptors (Lipinski definition) is 6. The number of Topliss-reactive ketones (excluding diaryl/α,β-unsaturated/α-hetero) is 1. The fourth-order valence-electron chi connectivity index (χ4n) is 2.18. The first-order chi connectivity index (χ1) is 15.5. The van der Waals surface area contributed by atoms with Crippen LogP contribution >= 0.6 is 0 Å². The molecule has 28 heavy (non-hydrogen) atoms. The van der Waals surface area contributed by atoms with Crippen molar-refractivity contribution in [2.24, 2.45) is 5.73 Å². The first-order valence-electron chi connectivity index (χ1n) is 10.4. The molecule has 0 saturated carbocycles. The van der Waals surface area contributed by atoms with Crippen LogP contribution in [-0.2, 0) is 35.8 Å². The highest BCUT2D eigenvalue weighted by molar-refractivity contribution is 7.86. The third-order valence-electron chi connectivity index (χ3n) is 3.41. The lowest BCUT2D eigenvalue weighted by molar-refractivity contribution is -0.137. The summed E-state index contributed by atoms with van der Waals surface area (Å²) < 4.78 is 119. The number of carbonyl (C=O) groups excluding carboxylic acids is 1. The van der Waals surface area contributed by atoms with Gasteiger partial charge in [0, 0.05) is 5.56 Å². The molecule has 1 unspecified atom stereocenters. The molecular formula is C18H14F3NO5S. The summed E-state index contributed by atoms with van der Waals surface area (Å²) in [4.78, 5) is 12.7. The zero-order valence-electron chi connectivity index (χ0n) is 19.7. The van der Waals surface area contributed by atoms with Gasteiger partial charge in [0.25, 0.3) is 0 Å². The largest absolute Gasteiger partial charge is 0.460 e. The van der Waals surface area contributed by atoms with Gasteiger partial charge in [-0.25, -0.2) is 0 Å². The Morgan fingerprint density at radius 1 is 1.18 bits per heavy atom. The zero-order chi connectivity index (χ0) is 25.8. The molecule has 0 aliphatic carbocycles. The number of halogens is 3. The number of nitrogens with two attached hydrogens (primary N) is 1. The van der Waals surface area contributed by atoms with Gasteiger partial charge in [-0.2, -0.15) is 21.6 Å². The van der Waals surface area contributed by atoms with E-state index in [-0.39, 0.29) is 0 Å². The maximum Gasteiger partial charge on any atom is 0.416 e. The predicted octanol–water partition coefficient (Wildman–Crippen LogP) is 3.02. The third kappa shape index (κ3) is 4.28. The van der Waals surface area contributed by atoms with Crippen molar-refractivity contribution in [3.05, 3.63) is 82.8 Å². The summed E-state index contributed by atoms with van der Waals surface area (Å²) in [6.07, 6.45) is -7.42. The summed E-state index contributed by atoms with van der Waals surface area (Å²) in [7, 11) is -4.87. The summed E-state index contributed by atoms with van der Waals surface area (Å²) in [5.74, 6) is -4.76. The molecule has 1 aliphatic rings. The highest BCUT2D eigenvalue weighted by Gasteiger charge is 2.40. The van der Waals surface area contributed by atoms with Crippen molar-refractivity contribution in [2.75, 3.05) is 0 Å². The van der Waals surface area contributed by atoms with E-state index in [2.05, 4.69) is 4.18 Å². The van der Waals surface area contributed by atoms with Crippen LogP contribution in [0, 0.1) is 0 Å². The van der Waals surface area contributed by atoms with Crippen molar-refractivity contribution in [3.63, 3.8) is 0 Å². The zero-order valence-corrected chi connectivity index (χ0v) is 14.5. The Labute approximate surface area is 166 Å². The van der Waals surface area contributed by atoms with E-state index in [0.717, 1.165) is 12.1 Å².